The van der Waals surface area contributed by atoms with Crippen molar-refractivity contribution in [1.29, 1.82) is 0 Å². The zero-order chi connectivity index (χ0) is 39.0. The van der Waals surface area contributed by atoms with Crippen LogP contribution in [0.5, 0.6) is 0 Å². The van der Waals surface area contributed by atoms with Crippen LogP contribution >= 0.6 is 0 Å². The van der Waals surface area contributed by atoms with E-state index in [1.54, 1.807) is 92.9 Å². The minimum atomic E-state index is -0.883. The lowest BCUT2D eigenvalue weighted by Gasteiger charge is -2.34. The average Bonchev–Trinajstić information content (AvgIpc) is 2.92. The molecule has 1 aromatic carbocycles. The zero-order valence-corrected chi connectivity index (χ0v) is 33.0. The van der Waals surface area contributed by atoms with Gasteiger partial charge < -0.3 is 29.0 Å². The van der Waals surface area contributed by atoms with Gasteiger partial charge in [0.15, 0.2) is 0 Å². The molecule has 0 heterocycles. The smallest absolute Gasteiger partial charge is 0.407 e. The summed E-state index contributed by atoms with van der Waals surface area (Å²) in [5.41, 5.74) is -2.20. The number of nitrogens with zero attached hydrogens (tertiary/aromatic N) is 2. The van der Waals surface area contributed by atoms with Gasteiger partial charge in [-0.3, -0.25) is 29.0 Å². The van der Waals surface area contributed by atoms with Crippen LogP contribution in [0.4, 0.5) is 4.79 Å². The predicted octanol–water partition coefficient (Wildman–Crippen LogP) is 5.42. The van der Waals surface area contributed by atoms with Crippen molar-refractivity contribution in [2.24, 2.45) is 0 Å². The normalized spacial score (nSPS) is 13.0. The van der Waals surface area contributed by atoms with E-state index in [1.165, 1.54) is 0 Å². The van der Waals surface area contributed by atoms with E-state index in [1.807, 2.05) is 30.3 Å². The summed E-state index contributed by atoms with van der Waals surface area (Å²) in [6.45, 7) is 21.0. The molecule has 1 unspecified atom stereocenters. The number of carbonyl (C=O) groups excluding carboxylic acids is 5. The minimum absolute atomic E-state index is 0.0960. The third-order valence-electron chi connectivity index (χ3n) is 6.51. The fraction of sp³-hybridized carbons (Fsp3) is 0.711. The maximum Gasteiger partial charge on any atom is 0.407 e. The monoisotopic (exact) mass is 721 g/mol. The van der Waals surface area contributed by atoms with Crippen molar-refractivity contribution in [3.63, 3.8) is 0 Å². The number of carbonyl (C=O) groups is 5. The van der Waals surface area contributed by atoms with Crippen LogP contribution in [-0.2, 0) is 49.5 Å². The maximum absolute atomic E-state index is 13.7. The molecule has 1 atom stereocenters. The lowest BCUT2D eigenvalue weighted by Crippen LogP contribution is -2.51. The second-order valence-corrected chi connectivity index (χ2v) is 16.5. The van der Waals surface area contributed by atoms with Crippen molar-refractivity contribution in [1.82, 2.24) is 15.1 Å². The van der Waals surface area contributed by atoms with Crippen LogP contribution in [0.2, 0.25) is 0 Å². The molecule has 0 aliphatic heterocycles. The summed E-state index contributed by atoms with van der Waals surface area (Å²) in [6, 6.07) is 8.45. The lowest BCUT2D eigenvalue weighted by atomic mass is 10.1. The zero-order valence-electron chi connectivity index (χ0n) is 33.0. The van der Waals surface area contributed by atoms with E-state index in [0.717, 1.165) is 5.56 Å². The van der Waals surface area contributed by atoms with E-state index in [0.29, 0.717) is 19.4 Å². The van der Waals surface area contributed by atoms with Crippen LogP contribution in [0.1, 0.15) is 108 Å². The quantitative estimate of drug-likeness (QED) is 0.117. The Kier molecular flexibility index (Phi) is 18.1. The van der Waals surface area contributed by atoms with Gasteiger partial charge in [0, 0.05) is 19.6 Å². The first-order chi connectivity index (χ1) is 23.3. The van der Waals surface area contributed by atoms with Gasteiger partial charge in [-0.25, -0.2) is 4.79 Å². The van der Waals surface area contributed by atoms with E-state index in [9.17, 15) is 24.0 Å². The maximum atomic E-state index is 13.7. The molecule has 1 aromatic rings. The van der Waals surface area contributed by atoms with Crippen molar-refractivity contribution in [2.75, 3.05) is 39.3 Å². The highest BCUT2D eigenvalue weighted by atomic mass is 16.6. The minimum Gasteiger partial charge on any atom is -0.459 e. The summed E-state index contributed by atoms with van der Waals surface area (Å²) in [4.78, 5) is 68.1. The molecule has 0 radical (unpaired) electrons. The number of hydrogen-bond donors (Lipinski definition) is 1. The molecule has 0 aromatic heterocycles. The number of ether oxygens (including phenoxy) is 5. The Morgan fingerprint density at radius 1 is 0.627 bits per heavy atom. The first-order valence-corrected chi connectivity index (χ1v) is 17.6. The van der Waals surface area contributed by atoms with Gasteiger partial charge in [-0.05, 0) is 108 Å². The Morgan fingerprint density at radius 2 is 1.10 bits per heavy atom. The molecular weight excluding hydrogens is 658 g/mol. The van der Waals surface area contributed by atoms with Crippen LogP contribution in [0.25, 0.3) is 0 Å². The number of alkyl carbamates (subject to hydrolysis) is 1. The molecule has 1 amide bonds. The number of benzene rings is 1. The third-order valence-corrected chi connectivity index (χ3v) is 6.51. The molecule has 0 bridgehead atoms. The van der Waals surface area contributed by atoms with Gasteiger partial charge in [-0.2, -0.15) is 0 Å². The Hall–Kier alpha value is -3.71. The topological polar surface area (TPSA) is 150 Å². The van der Waals surface area contributed by atoms with Gasteiger partial charge >= 0.3 is 30.0 Å². The van der Waals surface area contributed by atoms with Crippen LogP contribution in [0, 0.1) is 0 Å². The summed E-state index contributed by atoms with van der Waals surface area (Å²) in [7, 11) is 0. The average molecular weight is 722 g/mol. The summed E-state index contributed by atoms with van der Waals surface area (Å²) in [5.74, 6) is -2.16. The Labute approximate surface area is 305 Å². The molecule has 0 spiro atoms. The molecule has 13 nitrogen and oxygen atoms in total. The van der Waals surface area contributed by atoms with Gasteiger partial charge in [-0.1, -0.05) is 30.3 Å². The van der Waals surface area contributed by atoms with Crippen molar-refractivity contribution in [3.05, 3.63) is 35.9 Å². The summed E-state index contributed by atoms with van der Waals surface area (Å²) in [6.07, 6.45) is 0.747. The summed E-state index contributed by atoms with van der Waals surface area (Å²) in [5, 5.41) is 2.73. The van der Waals surface area contributed by atoms with Gasteiger partial charge in [0.25, 0.3) is 0 Å². The SMILES string of the molecule is CC(C)(C)OC(=O)CN(CCN(CC(=O)OC(C)(C)C)C(CCCCNC(=O)OCc1ccccc1)C(=O)OC(C)(C)C)CC(=O)OC(C)(C)C. The second kappa shape index (κ2) is 20.4. The fourth-order valence-corrected chi connectivity index (χ4v) is 4.73. The number of unbranched alkanes of at least 4 members (excludes halogenated alkanes) is 1. The predicted molar refractivity (Wildman–Crippen MR) is 194 cm³/mol. The molecule has 0 fully saturated rings. The number of hydrogen-bond acceptors (Lipinski definition) is 12. The van der Waals surface area contributed by atoms with E-state index in [2.05, 4.69) is 5.32 Å². The van der Waals surface area contributed by atoms with Crippen LogP contribution in [-0.4, -0.2) is 107 Å². The summed E-state index contributed by atoms with van der Waals surface area (Å²) < 4.78 is 27.7. The molecule has 1 N–H and O–H groups in total. The number of rotatable bonds is 18. The molecule has 0 aliphatic carbocycles. The largest absolute Gasteiger partial charge is 0.459 e. The van der Waals surface area contributed by atoms with Crippen molar-refractivity contribution < 1.29 is 47.7 Å². The van der Waals surface area contributed by atoms with Crippen molar-refractivity contribution >= 4 is 30.0 Å². The standard InChI is InChI=1S/C38H63N3O10/c1-35(2,3)48-30(42)24-40(25-31(43)49-36(4,5)6)22-23-41(26-32(44)50-37(7,8)9)29(33(45)51-38(10,11)12)20-16-17-21-39-34(46)47-27-28-18-14-13-15-19-28/h13-15,18-19,29H,16-17,20-27H2,1-12H3,(H,39,46). The molecular formula is C38H63N3O10. The molecule has 0 aliphatic rings. The highest BCUT2D eigenvalue weighted by Gasteiger charge is 2.33. The number of esters is 4. The van der Waals surface area contributed by atoms with Gasteiger partial charge in [-0.15, -0.1) is 0 Å². The molecule has 51 heavy (non-hydrogen) atoms. The second-order valence-electron chi connectivity index (χ2n) is 16.5. The number of amides is 1. The van der Waals surface area contributed by atoms with E-state index < -0.39 is 58.4 Å². The van der Waals surface area contributed by atoms with Crippen LogP contribution in [0.3, 0.4) is 0 Å². The van der Waals surface area contributed by atoms with Gasteiger partial charge in [0.05, 0.1) is 19.6 Å². The van der Waals surface area contributed by atoms with E-state index >= 15 is 0 Å². The fourth-order valence-electron chi connectivity index (χ4n) is 4.73. The summed E-state index contributed by atoms with van der Waals surface area (Å²) >= 11 is 0. The first-order valence-electron chi connectivity index (χ1n) is 17.6. The van der Waals surface area contributed by atoms with E-state index in [-0.39, 0.29) is 45.8 Å². The molecule has 1 rings (SSSR count). The van der Waals surface area contributed by atoms with Crippen molar-refractivity contribution in [2.45, 2.75) is 137 Å². The molecule has 290 valence electrons. The first kappa shape index (κ1) is 45.3. The van der Waals surface area contributed by atoms with Crippen LogP contribution in [0.15, 0.2) is 30.3 Å². The van der Waals surface area contributed by atoms with Crippen molar-refractivity contribution in [3.8, 4) is 0 Å². The highest BCUT2D eigenvalue weighted by molar-refractivity contribution is 5.78. The molecule has 0 saturated carbocycles. The number of nitrogens with one attached hydrogen (secondary N) is 1. The third kappa shape index (κ3) is 23.4. The van der Waals surface area contributed by atoms with E-state index in [4.69, 9.17) is 23.7 Å². The Morgan fingerprint density at radius 3 is 1.57 bits per heavy atom. The van der Waals surface area contributed by atoms with Gasteiger partial charge in [0.2, 0.25) is 0 Å². The van der Waals surface area contributed by atoms with Gasteiger partial charge in [0.1, 0.15) is 35.1 Å². The Bertz CT molecular complexity index is 1230. The Balaban J connectivity index is 3.19. The highest BCUT2D eigenvalue weighted by Crippen LogP contribution is 2.18. The molecule has 13 heteroatoms. The molecule has 0 saturated heterocycles. The lowest BCUT2D eigenvalue weighted by molar-refractivity contribution is -0.167. The van der Waals surface area contributed by atoms with Crippen LogP contribution < -0.4 is 5.32 Å².